The van der Waals surface area contributed by atoms with Gasteiger partial charge < -0.3 is 14.9 Å². The second-order valence-corrected chi connectivity index (χ2v) is 8.04. The fourth-order valence-electron chi connectivity index (χ4n) is 3.63. The van der Waals surface area contributed by atoms with Crippen LogP contribution in [0, 0.1) is 11.8 Å². The number of aliphatic carboxylic acids is 1. The van der Waals surface area contributed by atoms with Crippen LogP contribution in [0.1, 0.15) is 84.0 Å². The van der Waals surface area contributed by atoms with Crippen molar-refractivity contribution in [2.24, 2.45) is 11.8 Å². The van der Waals surface area contributed by atoms with E-state index in [0.717, 1.165) is 57.8 Å². The Morgan fingerprint density at radius 2 is 1.97 bits per heavy atom. The van der Waals surface area contributed by atoms with E-state index in [2.05, 4.69) is 19.1 Å². The van der Waals surface area contributed by atoms with Crippen molar-refractivity contribution in [1.29, 1.82) is 0 Å². The van der Waals surface area contributed by atoms with Crippen LogP contribution in [0.5, 0.6) is 0 Å². The number of ether oxygens (including phenoxy) is 1. The Kier molecular flexibility index (Phi) is 13.8. The molecule has 3 atom stereocenters. The molecule has 0 heterocycles. The molecular weight excluding hydrogens is 384 g/mol. The van der Waals surface area contributed by atoms with Gasteiger partial charge >= 0.3 is 11.9 Å². The molecule has 6 nitrogen and oxygen atoms in total. The molecule has 1 aliphatic rings. The normalized spacial score (nSPS) is 20.3. The van der Waals surface area contributed by atoms with Crippen molar-refractivity contribution >= 4 is 17.7 Å². The number of allylic oxidation sites excluding steroid dienone is 3. The van der Waals surface area contributed by atoms with Gasteiger partial charge in [-0.15, -0.1) is 0 Å². The van der Waals surface area contributed by atoms with Crippen molar-refractivity contribution < 1.29 is 29.3 Å². The first-order valence-electron chi connectivity index (χ1n) is 11.4. The third kappa shape index (κ3) is 11.9. The first kappa shape index (κ1) is 26.1. The molecule has 0 amide bonds. The highest BCUT2D eigenvalue weighted by molar-refractivity contribution is 5.83. The summed E-state index contributed by atoms with van der Waals surface area (Å²) in [6, 6.07) is 0. The third-order valence-corrected chi connectivity index (χ3v) is 5.47. The number of carbonyl (C=O) groups is 3. The van der Waals surface area contributed by atoms with Crippen molar-refractivity contribution in [3.63, 3.8) is 0 Å². The molecule has 1 rings (SSSR count). The monoisotopic (exact) mass is 422 g/mol. The van der Waals surface area contributed by atoms with E-state index >= 15 is 0 Å². The Morgan fingerprint density at radius 1 is 1.17 bits per heavy atom. The minimum absolute atomic E-state index is 0.00975. The number of carboxylic acids is 1. The van der Waals surface area contributed by atoms with Gasteiger partial charge in [-0.2, -0.15) is 0 Å². The summed E-state index contributed by atoms with van der Waals surface area (Å²) >= 11 is 0. The molecule has 0 aromatic rings. The molecule has 1 aliphatic carbocycles. The molecule has 1 saturated carbocycles. The van der Waals surface area contributed by atoms with Gasteiger partial charge in [0.2, 0.25) is 0 Å². The minimum atomic E-state index is -1.00. The molecule has 0 unspecified atom stereocenters. The van der Waals surface area contributed by atoms with Crippen LogP contribution >= 0.6 is 0 Å². The van der Waals surface area contributed by atoms with Crippen LogP contribution < -0.4 is 0 Å². The van der Waals surface area contributed by atoms with E-state index in [4.69, 9.17) is 9.84 Å². The van der Waals surface area contributed by atoms with Crippen LogP contribution in [0.15, 0.2) is 24.3 Å². The quantitative estimate of drug-likeness (QED) is 0.214. The van der Waals surface area contributed by atoms with Crippen molar-refractivity contribution in [1.82, 2.24) is 0 Å². The van der Waals surface area contributed by atoms with Crippen LogP contribution in [-0.2, 0) is 19.1 Å². The lowest BCUT2D eigenvalue weighted by atomic mass is 9.91. The van der Waals surface area contributed by atoms with Gasteiger partial charge in [-0.1, -0.05) is 50.5 Å². The average Bonchev–Trinajstić information content (AvgIpc) is 3.06. The summed E-state index contributed by atoms with van der Waals surface area (Å²) in [7, 11) is 0. The van der Waals surface area contributed by atoms with Crippen LogP contribution in [0.25, 0.3) is 0 Å². The van der Waals surface area contributed by atoms with Gasteiger partial charge in [0.15, 0.2) is 0 Å². The Morgan fingerprint density at radius 3 is 2.70 bits per heavy atom. The number of aliphatic hydroxyl groups excluding tert-OH is 1. The number of aliphatic hydroxyl groups is 1. The number of unbranched alkanes of at least 4 members (excludes halogenated alkanes) is 4. The Bertz CT molecular complexity index is 580. The summed E-state index contributed by atoms with van der Waals surface area (Å²) in [5.41, 5.74) is 0. The highest BCUT2D eigenvalue weighted by Gasteiger charge is 2.31. The fraction of sp³-hybridized carbons (Fsp3) is 0.708. The summed E-state index contributed by atoms with van der Waals surface area (Å²) < 4.78 is 4.99. The maximum absolute atomic E-state index is 12.2. The summed E-state index contributed by atoms with van der Waals surface area (Å²) in [5, 5.41) is 18.6. The summed E-state index contributed by atoms with van der Waals surface area (Å²) in [4.78, 5) is 33.9. The highest BCUT2D eigenvalue weighted by atomic mass is 16.5. The van der Waals surface area contributed by atoms with Gasteiger partial charge in [0, 0.05) is 12.3 Å². The van der Waals surface area contributed by atoms with Crippen molar-refractivity contribution in [2.75, 3.05) is 6.61 Å². The van der Waals surface area contributed by atoms with Crippen LogP contribution in [-0.4, -0.2) is 40.6 Å². The number of ketones is 1. The Balaban J connectivity index is 2.21. The van der Waals surface area contributed by atoms with Gasteiger partial charge in [-0.05, 0) is 44.4 Å². The zero-order valence-electron chi connectivity index (χ0n) is 18.3. The number of rotatable bonds is 16. The standard InChI is InChI=1S/C24H38O6/c1-2-3-7-10-20(25)14-12-19-13-15-22(26)21(19)11-8-5-4-6-9-18-30-24(29)17-16-23(27)28/h5,8,12,14,19-21,25H,2-4,6-7,9-11,13,15-18H2,1H3,(H,27,28)/b8-5-,14-12+/t19-,20-,21+/m0/s1. The molecule has 170 valence electrons. The zero-order valence-corrected chi connectivity index (χ0v) is 18.3. The smallest absolute Gasteiger partial charge is 0.306 e. The van der Waals surface area contributed by atoms with E-state index in [0.29, 0.717) is 18.8 Å². The summed E-state index contributed by atoms with van der Waals surface area (Å²) in [5.74, 6) is -0.937. The second-order valence-electron chi connectivity index (χ2n) is 8.04. The Labute approximate surface area is 180 Å². The molecule has 2 N–H and O–H groups in total. The second kappa shape index (κ2) is 15.8. The fourth-order valence-corrected chi connectivity index (χ4v) is 3.63. The molecular formula is C24H38O6. The first-order valence-corrected chi connectivity index (χ1v) is 11.4. The molecule has 0 radical (unpaired) electrons. The Hall–Kier alpha value is -1.95. The van der Waals surface area contributed by atoms with E-state index in [1.807, 2.05) is 12.2 Å². The van der Waals surface area contributed by atoms with Crippen molar-refractivity contribution in [2.45, 2.75) is 90.1 Å². The molecule has 0 aromatic heterocycles. The zero-order chi connectivity index (χ0) is 22.2. The van der Waals surface area contributed by atoms with E-state index in [-0.39, 0.29) is 24.7 Å². The molecule has 30 heavy (non-hydrogen) atoms. The molecule has 0 spiro atoms. The van der Waals surface area contributed by atoms with Crippen LogP contribution in [0.4, 0.5) is 0 Å². The maximum atomic E-state index is 12.2. The number of Topliss-reactive ketones (excluding diaryl/α,β-unsaturated/α-hetero) is 1. The number of esters is 1. The van der Waals surface area contributed by atoms with Gasteiger partial charge in [-0.3, -0.25) is 14.4 Å². The van der Waals surface area contributed by atoms with E-state index in [9.17, 15) is 19.5 Å². The predicted octanol–water partition coefficient (Wildman–Crippen LogP) is 4.60. The van der Waals surface area contributed by atoms with Gasteiger partial charge in [0.25, 0.3) is 0 Å². The van der Waals surface area contributed by atoms with Crippen LogP contribution in [0.2, 0.25) is 0 Å². The third-order valence-electron chi connectivity index (χ3n) is 5.47. The first-order chi connectivity index (χ1) is 14.4. The lowest BCUT2D eigenvalue weighted by Gasteiger charge is -2.13. The van der Waals surface area contributed by atoms with E-state index in [1.54, 1.807) is 0 Å². The lowest BCUT2D eigenvalue weighted by molar-refractivity contribution is -0.147. The van der Waals surface area contributed by atoms with Crippen LogP contribution in [0.3, 0.4) is 0 Å². The average molecular weight is 423 g/mol. The molecule has 0 bridgehead atoms. The number of hydrogen-bond donors (Lipinski definition) is 2. The van der Waals surface area contributed by atoms with Gasteiger partial charge in [0.05, 0.1) is 25.6 Å². The van der Waals surface area contributed by atoms with E-state index in [1.165, 1.54) is 0 Å². The number of carbonyl (C=O) groups excluding carboxylic acids is 2. The lowest BCUT2D eigenvalue weighted by Crippen LogP contribution is -2.13. The van der Waals surface area contributed by atoms with Gasteiger partial charge in [0.1, 0.15) is 5.78 Å². The predicted molar refractivity (Wildman–Crippen MR) is 116 cm³/mol. The highest BCUT2D eigenvalue weighted by Crippen LogP contribution is 2.33. The maximum Gasteiger partial charge on any atom is 0.306 e. The van der Waals surface area contributed by atoms with Crippen molar-refractivity contribution in [3.05, 3.63) is 24.3 Å². The largest absolute Gasteiger partial charge is 0.481 e. The molecule has 0 aliphatic heterocycles. The SMILES string of the molecule is CCCCC[C@H](O)/C=C/[C@H]1CCC(=O)[C@@H]1C/C=C\CCCCOC(=O)CCC(=O)O. The number of carboxylic acid groups (broad SMARTS) is 1. The van der Waals surface area contributed by atoms with Gasteiger partial charge in [-0.25, -0.2) is 0 Å². The topological polar surface area (TPSA) is 101 Å². The molecule has 0 aromatic carbocycles. The van der Waals surface area contributed by atoms with Crippen molar-refractivity contribution in [3.8, 4) is 0 Å². The summed E-state index contributed by atoms with van der Waals surface area (Å²) in [6.45, 7) is 2.45. The molecule has 1 fully saturated rings. The summed E-state index contributed by atoms with van der Waals surface area (Å²) in [6.07, 6.45) is 16.1. The molecule has 0 saturated heterocycles. The van der Waals surface area contributed by atoms with E-state index < -0.39 is 18.0 Å². The number of hydrogen-bond acceptors (Lipinski definition) is 5. The minimum Gasteiger partial charge on any atom is -0.481 e. The molecule has 6 heteroatoms.